The van der Waals surface area contributed by atoms with Gasteiger partial charge in [-0.25, -0.2) is 9.97 Å². The molecule has 0 saturated carbocycles. The number of hydrogen-bond donors (Lipinski definition) is 3. The molecule has 0 aliphatic carbocycles. The van der Waals surface area contributed by atoms with Gasteiger partial charge in [-0.1, -0.05) is 35.5 Å². The van der Waals surface area contributed by atoms with Crippen LogP contribution in [0, 0.1) is 13.8 Å². The largest absolute Gasteiger partial charge is 0.395 e. The summed E-state index contributed by atoms with van der Waals surface area (Å²) in [6.45, 7) is 8.15. The summed E-state index contributed by atoms with van der Waals surface area (Å²) in [7, 11) is 1.92. The van der Waals surface area contributed by atoms with Gasteiger partial charge in [0.1, 0.15) is 17.5 Å². The highest BCUT2D eigenvalue weighted by Gasteiger charge is 2.28. The molecule has 1 saturated heterocycles. The zero-order chi connectivity index (χ0) is 24.2. The van der Waals surface area contributed by atoms with Gasteiger partial charge in [0.2, 0.25) is 0 Å². The standard InChI is InChI=1S/C23H30ClN7O2S/c1-15-5-4-6-17(24)21(15)28-22(33)18-14-29(3)23(34-18)27-19-13-20(26-16(2)25-19)31-9-7-30(8-10-31)11-12-32/h4-6,13-14,23,32H,7-12H2,1-3H3,(H,28,33)(H,25,26,27). The monoisotopic (exact) mass is 503 g/mol. The second-order valence-electron chi connectivity index (χ2n) is 8.37. The first-order valence-electron chi connectivity index (χ1n) is 11.2. The summed E-state index contributed by atoms with van der Waals surface area (Å²) in [4.78, 5) is 29.1. The molecule has 9 nitrogen and oxygen atoms in total. The van der Waals surface area contributed by atoms with Crippen LogP contribution >= 0.6 is 23.4 Å². The second kappa shape index (κ2) is 10.8. The Balaban J connectivity index is 1.39. The molecule has 182 valence electrons. The van der Waals surface area contributed by atoms with E-state index in [0.29, 0.717) is 33.8 Å². The van der Waals surface area contributed by atoms with Gasteiger partial charge in [-0.05, 0) is 25.5 Å². The molecule has 1 aromatic heterocycles. The lowest BCUT2D eigenvalue weighted by molar-refractivity contribution is -0.112. The van der Waals surface area contributed by atoms with E-state index < -0.39 is 0 Å². The number of halogens is 1. The van der Waals surface area contributed by atoms with E-state index in [0.717, 1.165) is 37.6 Å². The first-order valence-corrected chi connectivity index (χ1v) is 12.5. The minimum atomic E-state index is -0.197. The lowest BCUT2D eigenvalue weighted by Gasteiger charge is -2.35. The van der Waals surface area contributed by atoms with Gasteiger partial charge < -0.3 is 25.5 Å². The summed E-state index contributed by atoms with van der Waals surface area (Å²) in [5.41, 5.74) is 1.36. The maximum absolute atomic E-state index is 12.9. The summed E-state index contributed by atoms with van der Waals surface area (Å²) < 4.78 is 0. The number of benzene rings is 1. The quantitative estimate of drug-likeness (QED) is 0.527. The van der Waals surface area contributed by atoms with Crippen LogP contribution in [0.4, 0.5) is 17.3 Å². The van der Waals surface area contributed by atoms with Crippen molar-refractivity contribution in [1.82, 2.24) is 19.8 Å². The van der Waals surface area contributed by atoms with Crippen molar-refractivity contribution in [2.24, 2.45) is 0 Å². The van der Waals surface area contributed by atoms with Crippen LogP contribution in [0.3, 0.4) is 0 Å². The number of aryl methyl sites for hydroxylation is 2. The molecular weight excluding hydrogens is 474 g/mol. The lowest BCUT2D eigenvalue weighted by atomic mass is 10.2. The molecule has 2 aromatic rings. The van der Waals surface area contributed by atoms with E-state index in [1.807, 2.05) is 50.2 Å². The average molecular weight is 504 g/mol. The molecule has 0 bridgehead atoms. The van der Waals surface area contributed by atoms with Crippen molar-refractivity contribution in [3.8, 4) is 0 Å². The number of nitrogens with one attached hydrogen (secondary N) is 2. The number of anilines is 3. The van der Waals surface area contributed by atoms with Gasteiger partial charge in [-0.3, -0.25) is 9.69 Å². The molecule has 1 amide bonds. The van der Waals surface area contributed by atoms with E-state index in [1.54, 1.807) is 6.07 Å². The van der Waals surface area contributed by atoms with Crippen LogP contribution in [-0.2, 0) is 4.79 Å². The Hall–Kier alpha value is -2.53. The number of carbonyl (C=O) groups is 1. The Labute approximate surface area is 209 Å². The molecule has 34 heavy (non-hydrogen) atoms. The van der Waals surface area contributed by atoms with E-state index >= 15 is 0 Å². The molecule has 3 heterocycles. The van der Waals surface area contributed by atoms with Crippen molar-refractivity contribution in [3.05, 3.63) is 51.8 Å². The number of hydrogen-bond acceptors (Lipinski definition) is 9. The number of amides is 1. The van der Waals surface area contributed by atoms with Crippen LogP contribution in [0.25, 0.3) is 0 Å². The van der Waals surface area contributed by atoms with Crippen LogP contribution in [-0.4, -0.2) is 82.7 Å². The van der Waals surface area contributed by atoms with Crippen molar-refractivity contribution in [3.63, 3.8) is 0 Å². The van der Waals surface area contributed by atoms with E-state index in [9.17, 15) is 4.79 Å². The third-order valence-electron chi connectivity index (χ3n) is 5.82. The summed E-state index contributed by atoms with van der Waals surface area (Å²) in [6, 6.07) is 7.49. The predicted octanol–water partition coefficient (Wildman–Crippen LogP) is 2.72. The van der Waals surface area contributed by atoms with Crippen molar-refractivity contribution < 1.29 is 9.90 Å². The molecule has 2 aliphatic rings. The number of thioether (sulfide) groups is 1. The normalized spacial score (nSPS) is 18.7. The molecule has 11 heteroatoms. The third-order valence-corrected chi connectivity index (χ3v) is 7.36. The first kappa shape index (κ1) is 24.6. The van der Waals surface area contributed by atoms with Crippen LogP contribution in [0.1, 0.15) is 11.4 Å². The number of para-hydroxylation sites is 1. The number of rotatable bonds is 7. The van der Waals surface area contributed by atoms with E-state index in [-0.39, 0.29) is 18.0 Å². The highest BCUT2D eigenvalue weighted by molar-refractivity contribution is 8.04. The second-order valence-corrected chi connectivity index (χ2v) is 9.90. The van der Waals surface area contributed by atoms with Gasteiger partial charge in [0.05, 0.1) is 22.2 Å². The summed E-state index contributed by atoms with van der Waals surface area (Å²) in [5, 5.41) is 16.0. The fourth-order valence-corrected chi connectivity index (χ4v) is 5.25. The van der Waals surface area contributed by atoms with Crippen molar-refractivity contribution >= 4 is 46.6 Å². The van der Waals surface area contributed by atoms with Crippen LogP contribution in [0.2, 0.25) is 5.02 Å². The van der Waals surface area contributed by atoms with Crippen molar-refractivity contribution in [2.75, 3.05) is 61.9 Å². The molecule has 3 N–H and O–H groups in total. The SMILES string of the molecule is Cc1nc(NC2SC(C(=O)Nc3c(C)cccc3Cl)=CN2C)cc(N2CCN(CCO)CC2)n1. The maximum atomic E-state index is 12.9. The molecular formula is C23H30ClN7O2S. The zero-order valence-corrected chi connectivity index (χ0v) is 21.2. The van der Waals surface area contributed by atoms with Gasteiger partial charge in [-0.15, -0.1) is 0 Å². The number of aliphatic hydroxyl groups excluding tert-OH is 1. The summed E-state index contributed by atoms with van der Waals surface area (Å²) in [6.07, 6.45) is 1.82. The van der Waals surface area contributed by atoms with Gasteiger partial charge in [0, 0.05) is 52.0 Å². The van der Waals surface area contributed by atoms with E-state index in [2.05, 4.69) is 30.4 Å². The van der Waals surface area contributed by atoms with Crippen LogP contribution < -0.4 is 15.5 Å². The van der Waals surface area contributed by atoms with Crippen LogP contribution in [0.5, 0.6) is 0 Å². The highest BCUT2D eigenvalue weighted by Crippen LogP contribution is 2.34. The van der Waals surface area contributed by atoms with Gasteiger partial charge in [0.15, 0.2) is 5.50 Å². The zero-order valence-electron chi connectivity index (χ0n) is 19.6. The number of aliphatic hydroxyl groups is 1. The molecule has 1 atom stereocenters. The lowest BCUT2D eigenvalue weighted by Crippen LogP contribution is -2.47. The molecule has 1 fully saturated rings. The predicted molar refractivity (Wildman–Crippen MR) is 138 cm³/mol. The molecule has 2 aliphatic heterocycles. The molecule has 1 unspecified atom stereocenters. The summed E-state index contributed by atoms with van der Waals surface area (Å²) >= 11 is 7.69. The molecule has 4 rings (SSSR count). The average Bonchev–Trinajstić information content (AvgIpc) is 3.17. The first-order chi connectivity index (χ1) is 16.3. The van der Waals surface area contributed by atoms with Gasteiger partial charge in [-0.2, -0.15) is 0 Å². The smallest absolute Gasteiger partial charge is 0.263 e. The Morgan fingerprint density at radius 1 is 1.24 bits per heavy atom. The Morgan fingerprint density at radius 2 is 2.00 bits per heavy atom. The Morgan fingerprint density at radius 3 is 2.71 bits per heavy atom. The third kappa shape index (κ3) is 5.75. The number of aromatic nitrogens is 2. The van der Waals surface area contributed by atoms with Gasteiger partial charge >= 0.3 is 0 Å². The summed E-state index contributed by atoms with van der Waals surface area (Å²) in [5.74, 6) is 2.08. The fraction of sp³-hybridized carbons (Fsp3) is 0.435. The molecule has 0 spiro atoms. The molecule has 0 radical (unpaired) electrons. The topological polar surface area (TPSA) is 96.9 Å². The van der Waals surface area contributed by atoms with Crippen molar-refractivity contribution in [2.45, 2.75) is 19.3 Å². The van der Waals surface area contributed by atoms with E-state index in [1.165, 1.54) is 11.8 Å². The highest BCUT2D eigenvalue weighted by atomic mass is 35.5. The van der Waals surface area contributed by atoms with Gasteiger partial charge in [0.25, 0.3) is 5.91 Å². The van der Waals surface area contributed by atoms with Crippen LogP contribution in [0.15, 0.2) is 35.4 Å². The Bertz CT molecular complexity index is 1060. The maximum Gasteiger partial charge on any atom is 0.263 e. The number of piperazine rings is 1. The van der Waals surface area contributed by atoms with Crippen molar-refractivity contribution in [1.29, 1.82) is 0 Å². The Kier molecular flexibility index (Phi) is 7.82. The number of nitrogens with zero attached hydrogens (tertiary/aromatic N) is 5. The number of carbonyl (C=O) groups excluding carboxylic acids is 1. The minimum absolute atomic E-state index is 0.180. The molecule has 1 aromatic carbocycles. The number of β-amino-alcohol motifs (C(OH)–C–C–N with tert-alkyl or cyclic N) is 1. The van der Waals surface area contributed by atoms with E-state index in [4.69, 9.17) is 16.7 Å². The fourth-order valence-electron chi connectivity index (χ4n) is 3.95. The minimum Gasteiger partial charge on any atom is -0.395 e.